The minimum atomic E-state index is -0.441. The van der Waals surface area contributed by atoms with E-state index in [-0.39, 0.29) is 0 Å². The minimum absolute atomic E-state index is 0.424. The Bertz CT molecular complexity index is 1020. The van der Waals surface area contributed by atoms with Crippen LogP contribution in [0.1, 0.15) is 29.4 Å². The Labute approximate surface area is 175 Å². The summed E-state index contributed by atoms with van der Waals surface area (Å²) in [5.74, 6) is 0. The van der Waals surface area contributed by atoms with E-state index in [0.29, 0.717) is 21.6 Å². The van der Waals surface area contributed by atoms with Gasteiger partial charge in [0.15, 0.2) is 0 Å². The predicted octanol–water partition coefficient (Wildman–Crippen LogP) is 4.11. The van der Waals surface area contributed by atoms with Crippen molar-refractivity contribution in [2.24, 2.45) is 0 Å². The van der Waals surface area contributed by atoms with Crippen molar-refractivity contribution in [1.29, 1.82) is 0 Å². The van der Waals surface area contributed by atoms with Gasteiger partial charge in [-0.25, -0.2) is 9.59 Å². The summed E-state index contributed by atoms with van der Waals surface area (Å²) in [5.41, 5.74) is 1.92. The molecule has 0 radical (unpaired) electrons. The van der Waals surface area contributed by atoms with Gasteiger partial charge in [-0.15, -0.1) is 20.4 Å². The number of hydrogen-bond acceptors (Lipinski definition) is 8. The Kier molecular flexibility index (Phi) is 6.67. The van der Waals surface area contributed by atoms with Crippen molar-refractivity contribution in [1.82, 2.24) is 20.4 Å². The molecule has 29 heavy (non-hydrogen) atoms. The van der Waals surface area contributed by atoms with Crippen LogP contribution in [0, 0.1) is 6.92 Å². The number of rotatable bonds is 6. The molecule has 4 N–H and O–H groups in total. The molecule has 3 rings (SSSR count). The molecule has 0 aliphatic heterocycles. The maximum atomic E-state index is 12.2. The van der Waals surface area contributed by atoms with E-state index in [4.69, 9.17) is 0 Å². The summed E-state index contributed by atoms with van der Waals surface area (Å²) in [6, 6.07) is 4.33. The molecule has 10 nitrogen and oxygen atoms in total. The van der Waals surface area contributed by atoms with Crippen molar-refractivity contribution in [2.75, 3.05) is 21.3 Å². The maximum Gasteiger partial charge on any atom is 0.325 e. The zero-order valence-electron chi connectivity index (χ0n) is 16.1. The van der Waals surface area contributed by atoms with Crippen molar-refractivity contribution < 1.29 is 9.59 Å². The summed E-state index contributed by atoms with van der Waals surface area (Å²) in [5, 5.41) is 29.0. The van der Waals surface area contributed by atoms with E-state index in [1.54, 1.807) is 18.2 Å². The van der Waals surface area contributed by atoms with Crippen molar-refractivity contribution in [2.45, 2.75) is 33.6 Å². The first-order chi connectivity index (χ1) is 14.0. The molecule has 0 bridgehead atoms. The second-order valence-corrected chi connectivity index (χ2v) is 8.02. The fourth-order valence-electron chi connectivity index (χ4n) is 2.24. The number of aromatic nitrogens is 4. The lowest BCUT2D eigenvalue weighted by Gasteiger charge is -2.11. The Morgan fingerprint density at radius 2 is 1.38 bits per heavy atom. The van der Waals surface area contributed by atoms with Crippen molar-refractivity contribution >= 4 is 56.4 Å². The van der Waals surface area contributed by atoms with Crippen molar-refractivity contribution in [3.63, 3.8) is 0 Å². The summed E-state index contributed by atoms with van der Waals surface area (Å²) in [7, 11) is 0. The van der Waals surface area contributed by atoms with Gasteiger partial charge in [-0.3, -0.25) is 10.6 Å². The zero-order chi connectivity index (χ0) is 20.8. The number of urea groups is 2. The molecule has 0 fully saturated rings. The van der Waals surface area contributed by atoms with Crippen molar-refractivity contribution in [3.05, 3.63) is 33.8 Å². The predicted molar refractivity (Wildman–Crippen MR) is 115 cm³/mol. The van der Waals surface area contributed by atoms with Gasteiger partial charge in [0.1, 0.15) is 10.0 Å². The summed E-state index contributed by atoms with van der Waals surface area (Å²) >= 11 is 2.64. The average molecular weight is 433 g/mol. The highest BCUT2D eigenvalue weighted by atomic mass is 32.1. The largest absolute Gasteiger partial charge is 0.325 e. The number of carbonyl (C=O) groups is 2. The Hall–Kier alpha value is -3.12. The third-order valence-electron chi connectivity index (χ3n) is 3.72. The smallest absolute Gasteiger partial charge is 0.308 e. The highest BCUT2D eigenvalue weighted by Gasteiger charge is 2.11. The second kappa shape index (κ2) is 9.39. The van der Waals surface area contributed by atoms with Crippen LogP contribution in [0.15, 0.2) is 18.2 Å². The monoisotopic (exact) mass is 432 g/mol. The molecule has 2 heterocycles. The molecule has 0 saturated carbocycles. The number of nitrogens with one attached hydrogen (secondary N) is 4. The molecule has 0 unspecified atom stereocenters. The molecule has 0 saturated heterocycles. The van der Waals surface area contributed by atoms with E-state index in [0.717, 1.165) is 28.4 Å². The molecular formula is C17H20N8O2S2. The molecule has 152 valence electrons. The molecular weight excluding hydrogens is 412 g/mol. The minimum Gasteiger partial charge on any atom is -0.308 e. The number of nitrogens with zero attached hydrogens (tertiary/aromatic N) is 4. The lowest BCUT2D eigenvalue weighted by molar-refractivity contribution is 0.261. The number of amides is 4. The lowest BCUT2D eigenvalue weighted by Crippen LogP contribution is -2.21. The molecule has 0 aliphatic rings. The fraction of sp³-hybridized carbons (Fsp3) is 0.294. The quantitative estimate of drug-likeness (QED) is 0.463. The maximum absolute atomic E-state index is 12.2. The van der Waals surface area contributed by atoms with Crippen LogP contribution >= 0.6 is 22.7 Å². The van der Waals surface area contributed by atoms with Gasteiger partial charge in [0.25, 0.3) is 0 Å². The highest BCUT2D eigenvalue weighted by molar-refractivity contribution is 7.15. The van der Waals surface area contributed by atoms with Gasteiger partial charge in [0, 0.05) is 11.4 Å². The van der Waals surface area contributed by atoms with Gasteiger partial charge in [0.05, 0.1) is 0 Å². The first-order valence-electron chi connectivity index (χ1n) is 8.88. The van der Waals surface area contributed by atoms with Gasteiger partial charge in [-0.1, -0.05) is 42.6 Å². The molecule has 4 amide bonds. The Balaban J connectivity index is 1.61. The zero-order valence-corrected chi connectivity index (χ0v) is 17.7. The van der Waals surface area contributed by atoms with E-state index in [1.165, 1.54) is 22.7 Å². The highest BCUT2D eigenvalue weighted by Crippen LogP contribution is 2.22. The normalized spacial score (nSPS) is 10.4. The number of carbonyl (C=O) groups excluding carboxylic acids is 2. The second-order valence-electron chi connectivity index (χ2n) is 5.90. The van der Waals surface area contributed by atoms with Gasteiger partial charge in [-0.2, -0.15) is 0 Å². The fourth-order valence-corrected chi connectivity index (χ4v) is 3.59. The summed E-state index contributed by atoms with van der Waals surface area (Å²) in [6.07, 6.45) is 1.51. The standard InChI is InChI=1S/C17H20N8O2S2/c1-4-12-22-24-16(28-12)20-14(26)18-10-7-6-9(3)11(8-10)19-15(27)21-17-25-23-13(5-2)29-17/h6-8H,4-5H2,1-3H3,(H2,18,20,24,26)(H2,19,21,25,27). The molecule has 2 aromatic heterocycles. The lowest BCUT2D eigenvalue weighted by atomic mass is 10.2. The average Bonchev–Trinajstić information content (AvgIpc) is 3.33. The third kappa shape index (κ3) is 5.68. The van der Waals surface area contributed by atoms with E-state index in [2.05, 4.69) is 41.7 Å². The molecule has 0 spiro atoms. The van der Waals surface area contributed by atoms with Gasteiger partial charge in [-0.05, 0) is 37.5 Å². The van der Waals surface area contributed by atoms with Crippen LogP contribution in [0.25, 0.3) is 0 Å². The van der Waals surface area contributed by atoms with Crippen LogP contribution < -0.4 is 21.3 Å². The summed E-state index contributed by atoms with van der Waals surface area (Å²) in [6.45, 7) is 5.79. The Morgan fingerprint density at radius 1 is 0.828 bits per heavy atom. The van der Waals surface area contributed by atoms with E-state index < -0.39 is 12.1 Å². The van der Waals surface area contributed by atoms with Crippen molar-refractivity contribution in [3.8, 4) is 0 Å². The molecule has 3 aromatic rings. The molecule has 12 heteroatoms. The van der Waals surface area contributed by atoms with Gasteiger partial charge in [0.2, 0.25) is 10.3 Å². The van der Waals surface area contributed by atoms with E-state index >= 15 is 0 Å². The topological polar surface area (TPSA) is 134 Å². The van der Waals surface area contributed by atoms with E-state index in [9.17, 15) is 9.59 Å². The molecule has 0 atom stereocenters. The molecule has 0 aliphatic carbocycles. The molecule has 1 aromatic carbocycles. The van der Waals surface area contributed by atoms with Gasteiger partial charge < -0.3 is 10.6 Å². The summed E-state index contributed by atoms with van der Waals surface area (Å²) < 4.78 is 0. The van der Waals surface area contributed by atoms with Crippen LogP contribution in [-0.4, -0.2) is 32.5 Å². The number of benzene rings is 1. The first kappa shape index (κ1) is 20.6. The van der Waals surface area contributed by atoms with Gasteiger partial charge >= 0.3 is 12.1 Å². The van der Waals surface area contributed by atoms with Crippen LogP contribution in [0.5, 0.6) is 0 Å². The third-order valence-corrected chi connectivity index (χ3v) is 5.69. The summed E-state index contributed by atoms with van der Waals surface area (Å²) in [4.78, 5) is 24.4. The number of hydrogen-bond donors (Lipinski definition) is 4. The Morgan fingerprint density at radius 3 is 1.90 bits per heavy atom. The number of aryl methyl sites for hydroxylation is 3. The van der Waals surface area contributed by atoms with Crippen LogP contribution in [0.3, 0.4) is 0 Å². The van der Waals surface area contributed by atoms with Crippen LogP contribution in [0.2, 0.25) is 0 Å². The SMILES string of the molecule is CCc1nnc(NC(=O)Nc2ccc(C)c(NC(=O)Nc3nnc(CC)s3)c2)s1. The van der Waals surface area contributed by atoms with E-state index in [1.807, 2.05) is 20.8 Å². The van der Waals surface area contributed by atoms with Crippen LogP contribution in [0.4, 0.5) is 31.2 Å². The van der Waals surface area contributed by atoms with Crippen LogP contribution in [-0.2, 0) is 12.8 Å². The number of anilines is 4. The first-order valence-corrected chi connectivity index (χ1v) is 10.5.